The fraction of sp³-hybridized carbons (Fsp3) is 0.750. The summed E-state index contributed by atoms with van der Waals surface area (Å²) < 4.78 is 0. The first-order valence-corrected chi connectivity index (χ1v) is 26.8. The van der Waals surface area contributed by atoms with Gasteiger partial charge in [0.05, 0.1) is 30.5 Å². The van der Waals surface area contributed by atoms with E-state index in [1.165, 1.54) is 89.0 Å². The van der Waals surface area contributed by atoms with E-state index >= 15 is 0 Å². The molecule has 3 fully saturated rings. The van der Waals surface area contributed by atoms with Gasteiger partial charge in [0.15, 0.2) is 6.23 Å². The van der Waals surface area contributed by atoms with E-state index < -0.39 is 146 Å². The molecule has 22 nitrogen and oxygen atoms in total. The summed E-state index contributed by atoms with van der Waals surface area (Å²) >= 11 is 0. The molecular formula is C52H85N7O15. The van der Waals surface area contributed by atoms with Crippen molar-refractivity contribution in [1.82, 2.24) is 36.4 Å². The highest BCUT2D eigenvalue weighted by Gasteiger charge is 2.50. The van der Waals surface area contributed by atoms with Gasteiger partial charge in [-0.15, -0.1) is 0 Å². The molecule has 418 valence electrons. The Balaban J connectivity index is 1.58. The number of unbranched alkanes of at least 4 members (excludes halogenated alkanes) is 14. The van der Waals surface area contributed by atoms with E-state index in [1.807, 2.05) is 0 Å². The van der Waals surface area contributed by atoms with Gasteiger partial charge in [0, 0.05) is 44.7 Å². The van der Waals surface area contributed by atoms with Crippen LogP contribution in [0.3, 0.4) is 0 Å². The molecule has 3 aliphatic heterocycles. The predicted molar refractivity (Wildman–Crippen MR) is 270 cm³/mol. The fourth-order valence-electron chi connectivity index (χ4n) is 9.92. The van der Waals surface area contributed by atoms with Crippen molar-refractivity contribution < 1.29 is 74.4 Å². The number of fused-ring (bicyclic) bond motifs is 2. The number of aromatic hydroxyl groups is 1. The van der Waals surface area contributed by atoms with Gasteiger partial charge in [-0.05, 0) is 38.0 Å². The number of nitrogens with zero attached hydrogens (tertiary/aromatic N) is 2. The van der Waals surface area contributed by atoms with Gasteiger partial charge in [-0.25, -0.2) is 0 Å². The van der Waals surface area contributed by atoms with Gasteiger partial charge in [-0.2, -0.15) is 0 Å². The molecule has 22 heteroatoms. The Morgan fingerprint density at radius 1 is 0.635 bits per heavy atom. The Labute approximate surface area is 434 Å². The Hall–Kier alpha value is -4.97. The van der Waals surface area contributed by atoms with Crippen LogP contribution in [0.5, 0.6) is 5.75 Å². The number of hydrogen-bond acceptors (Lipinski definition) is 15. The number of amides is 7. The zero-order valence-corrected chi connectivity index (χ0v) is 43.6. The third-order valence-electron chi connectivity index (χ3n) is 14.4. The molecule has 74 heavy (non-hydrogen) atoms. The van der Waals surface area contributed by atoms with E-state index in [9.17, 15) is 74.4 Å². The Morgan fingerprint density at radius 3 is 1.68 bits per heavy atom. The van der Waals surface area contributed by atoms with Crippen LogP contribution in [0.25, 0.3) is 0 Å². The molecule has 0 aromatic heterocycles. The smallest absolute Gasteiger partial charge is 0.248 e. The topological polar surface area (TPSA) is 348 Å². The van der Waals surface area contributed by atoms with Crippen molar-refractivity contribution in [3.05, 3.63) is 29.8 Å². The standard InChI is InChI=1S/C52H85N7O15/c1-5-6-7-8-9-10-11-12-13-14-15-16-17-18-19-20-40(66)53-36-27-39(65)48(70)57-50(72)44-45(67)30(2)28-59(44)52(74)42(32(4)61)55-49(71)43(38(64)25-33-21-23-34(62)24-22-33)56-47(69)37-26-35(63)29-58(37)51(73)41(31(3)60)54-46(36)68/h21-24,30-32,35-39,41-45,48,60-65,67,70H,5-20,25-29H2,1-4H3,(H,53,66)(H,54,68)(H,55,71)(H,56,69)(H,57,72). The molecule has 0 saturated carbocycles. The molecule has 1 aromatic carbocycles. The van der Waals surface area contributed by atoms with Crippen molar-refractivity contribution in [1.29, 1.82) is 0 Å². The van der Waals surface area contributed by atoms with Gasteiger partial charge >= 0.3 is 0 Å². The number of carbonyl (C=O) groups excluding carboxylic acids is 7. The number of aliphatic hydroxyl groups is 7. The molecule has 4 rings (SSSR count). The molecule has 0 radical (unpaired) electrons. The van der Waals surface area contributed by atoms with Gasteiger partial charge in [0.25, 0.3) is 0 Å². The summed E-state index contributed by atoms with van der Waals surface area (Å²) in [5.41, 5.74) is 0.382. The highest BCUT2D eigenvalue weighted by Crippen LogP contribution is 2.27. The normalized spacial score (nSPS) is 29.0. The molecule has 3 saturated heterocycles. The summed E-state index contributed by atoms with van der Waals surface area (Å²) in [5.74, 6) is -8.29. The summed E-state index contributed by atoms with van der Waals surface area (Å²) in [7, 11) is 0. The molecule has 3 aliphatic rings. The molecule has 0 spiro atoms. The van der Waals surface area contributed by atoms with Crippen LogP contribution in [0.15, 0.2) is 24.3 Å². The van der Waals surface area contributed by atoms with E-state index in [4.69, 9.17) is 0 Å². The average Bonchev–Trinajstić information content (AvgIpc) is 3.89. The second kappa shape index (κ2) is 30.5. The van der Waals surface area contributed by atoms with Crippen LogP contribution in [0.2, 0.25) is 0 Å². The fourth-order valence-corrected chi connectivity index (χ4v) is 9.92. The van der Waals surface area contributed by atoms with Crippen LogP contribution < -0.4 is 26.6 Å². The maximum Gasteiger partial charge on any atom is 0.248 e. The number of rotatable bonds is 22. The third-order valence-corrected chi connectivity index (χ3v) is 14.4. The Bertz CT molecular complexity index is 1980. The van der Waals surface area contributed by atoms with Crippen LogP contribution in [0, 0.1) is 5.92 Å². The number of nitrogens with one attached hydrogen (secondary N) is 5. The van der Waals surface area contributed by atoms with Crippen LogP contribution >= 0.6 is 0 Å². The van der Waals surface area contributed by atoms with E-state index in [2.05, 4.69) is 33.5 Å². The molecule has 7 amide bonds. The van der Waals surface area contributed by atoms with Crippen molar-refractivity contribution in [2.75, 3.05) is 13.1 Å². The average molecular weight is 1050 g/mol. The summed E-state index contributed by atoms with van der Waals surface area (Å²) in [6, 6.07) is -5.23. The maximum atomic E-state index is 14.3. The lowest BCUT2D eigenvalue weighted by Crippen LogP contribution is -2.64. The van der Waals surface area contributed by atoms with E-state index in [0.717, 1.165) is 55.8 Å². The minimum Gasteiger partial charge on any atom is -0.508 e. The predicted octanol–water partition coefficient (Wildman–Crippen LogP) is -0.373. The van der Waals surface area contributed by atoms with Crippen molar-refractivity contribution >= 4 is 41.4 Å². The lowest BCUT2D eigenvalue weighted by Gasteiger charge is -2.33. The zero-order chi connectivity index (χ0) is 54.6. The Morgan fingerprint density at radius 2 is 1.14 bits per heavy atom. The van der Waals surface area contributed by atoms with Crippen molar-refractivity contribution in [2.24, 2.45) is 5.92 Å². The first kappa shape index (κ1) is 61.6. The number of phenolic OH excluding ortho intramolecular Hbond substituents is 1. The highest BCUT2D eigenvalue weighted by atomic mass is 16.3. The number of phenols is 1. The minimum absolute atomic E-state index is 0.0320. The SMILES string of the molecule is CCCCCCCCCCCCCCCCCC(=O)NC1CC(O)C(O)NC(=O)C2C(O)C(C)CN2C(=O)C(C(C)O)NC(=O)C(C(O)Cc2ccc(O)cc2)NC(=O)C2CC(O)CN2C(=O)C(C(C)O)NC1=O. The largest absolute Gasteiger partial charge is 0.508 e. The molecule has 14 unspecified atom stereocenters. The van der Waals surface area contributed by atoms with Gasteiger partial charge < -0.3 is 77.2 Å². The van der Waals surface area contributed by atoms with Crippen LogP contribution in [0.4, 0.5) is 0 Å². The monoisotopic (exact) mass is 1050 g/mol. The zero-order valence-electron chi connectivity index (χ0n) is 43.6. The first-order chi connectivity index (χ1) is 35.1. The lowest BCUT2D eigenvalue weighted by molar-refractivity contribution is -0.148. The van der Waals surface area contributed by atoms with Crippen molar-refractivity contribution in [2.45, 2.75) is 229 Å². The second-order valence-electron chi connectivity index (χ2n) is 20.8. The van der Waals surface area contributed by atoms with E-state index in [1.54, 1.807) is 0 Å². The molecule has 1 aromatic rings. The van der Waals surface area contributed by atoms with E-state index in [0.29, 0.717) is 12.0 Å². The molecular weight excluding hydrogens is 963 g/mol. The van der Waals surface area contributed by atoms with Crippen LogP contribution in [-0.2, 0) is 40.0 Å². The Kier molecular flexibility index (Phi) is 25.4. The van der Waals surface area contributed by atoms with Gasteiger partial charge in [0.2, 0.25) is 41.4 Å². The number of benzene rings is 1. The highest BCUT2D eigenvalue weighted by molar-refractivity contribution is 5.98. The van der Waals surface area contributed by atoms with Crippen molar-refractivity contribution in [3.8, 4) is 5.75 Å². The number of carbonyl (C=O) groups is 7. The minimum atomic E-state index is -2.19. The van der Waals surface area contributed by atoms with Gasteiger partial charge in [-0.1, -0.05) is 116 Å². The quantitative estimate of drug-likeness (QED) is 0.0659. The molecule has 13 N–H and O–H groups in total. The van der Waals surface area contributed by atoms with Crippen LogP contribution in [-0.4, -0.2) is 184 Å². The second-order valence-corrected chi connectivity index (χ2v) is 20.8. The van der Waals surface area contributed by atoms with Gasteiger partial charge in [0.1, 0.15) is 48.1 Å². The van der Waals surface area contributed by atoms with E-state index in [-0.39, 0.29) is 25.1 Å². The van der Waals surface area contributed by atoms with Gasteiger partial charge in [-0.3, -0.25) is 33.6 Å². The summed E-state index contributed by atoms with van der Waals surface area (Å²) in [4.78, 5) is 100. The molecule has 0 bridgehead atoms. The molecule has 3 heterocycles. The van der Waals surface area contributed by atoms with Crippen LogP contribution in [0.1, 0.15) is 149 Å². The third kappa shape index (κ3) is 18.4. The lowest BCUT2D eigenvalue weighted by atomic mass is 9.99. The summed E-state index contributed by atoms with van der Waals surface area (Å²) in [6.07, 6.45) is 2.79. The summed E-state index contributed by atoms with van der Waals surface area (Å²) in [6.45, 7) is 5.23. The first-order valence-electron chi connectivity index (χ1n) is 26.8. The molecule has 0 aliphatic carbocycles. The van der Waals surface area contributed by atoms with Crippen molar-refractivity contribution in [3.63, 3.8) is 0 Å². The summed E-state index contributed by atoms with van der Waals surface area (Å²) in [5, 5.41) is 99.5. The maximum absolute atomic E-state index is 14.3. The number of aliphatic hydroxyl groups excluding tert-OH is 7. The molecule has 14 atom stereocenters. The number of hydrogen-bond donors (Lipinski definition) is 13.